The molecule has 1 rings (SSSR count). The van der Waals surface area contributed by atoms with Crippen LogP contribution in [0.4, 0.5) is 0 Å². The highest BCUT2D eigenvalue weighted by atomic mass is 14.9. The van der Waals surface area contributed by atoms with Crippen LogP contribution >= 0.6 is 0 Å². The van der Waals surface area contributed by atoms with Crippen molar-refractivity contribution >= 4 is 0 Å². The van der Waals surface area contributed by atoms with Gasteiger partial charge >= 0.3 is 0 Å². The van der Waals surface area contributed by atoms with E-state index in [9.17, 15) is 0 Å². The zero-order chi connectivity index (χ0) is 8.81. The summed E-state index contributed by atoms with van der Waals surface area (Å²) in [5.74, 6) is 0. The molecular formula is C11H17N. The van der Waals surface area contributed by atoms with Crippen LogP contribution in [0.3, 0.4) is 0 Å². The van der Waals surface area contributed by atoms with Crippen molar-refractivity contribution in [2.24, 2.45) is 0 Å². The standard InChI is InChI=1S/C11H17N/c1-3-7-11-10(4-2)8-5-6-9-12-11/h3-4,7,12H,2,5-6,8-9H2,1H3/b7-3-. The fraction of sp³-hybridized carbons (Fsp3) is 0.455. The molecule has 1 nitrogen and oxygen atoms in total. The molecule has 1 aliphatic heterocycles. The maximum atomic E-state index is 3.83. The summed E-state index contributed by atoms with van der Waals surface area (Å²) in [7, 11) is 0. The lowest BCUT2D eigenvalue weighted by atomic mass is 10.1. The lowest BCUT2D eigenvalue weighted by Crippen LogP contribution is -2.12. The molecule has 0 fully saturated rings. The van der Waals surface area contributed by atoms with Crippen LogP contribution in [0.15, 0.2) is 36.1 Å². The van der Waals surface area contributed by atoms with Crippen molar-refractivity contribution in [3.05, 3.63) is 36.1 Å². The van der Waals surface area contributed by atoms with Crippen LogP contribution in [0.2, 0.25) is 0 Å². The maximum absolute atomic E-state index is 3.83. The lowest BCUT2D eigenvalue weighted by molar-refractivity contribution is 0.720. The molecule has 1 heterocycles. The smallest absolute Gasteiger partial charge is 0.0369 e. The van der Waals surface area contributed by atoms with E-state index in [1.54, 1.807) is 0 Å². The lowest BCUT2D eigenvalue weighted by Gasteiger charge is -2.05. The maximum Gasteiger partial charge on any atom is 0.0369 e. The molecule has 0 atom stereocenters. The normalized spacial score (nSPS) is 19.1. The van der Waals surface area contributed by atoms with Gasteiger partial charge in [0.1, 0.15) is 0 Å². The monoisotopic (exact) mass is 163 g/mol. The third-order valence-electron chi connectivity index (χ3n) is 2.11. The van der Waals surface area contributed by atoms with Crippen LogP contribution in [0.5, 0.6) is 0 Å². The van der Waals surface area contributed by atoms with E-state index >= 15 is 0 Å². The predicted molar refractivity (Wildman–Crippen MR) is 53.9 cm³/mol. The van der Waals surface area contributed by atoms with Crippen LogP contribution in [-0.2, 0) is 0 Å². The topological polar surface area (TPSA) is 12.0 Å². The molecule has 0 aromatic heterocycles. The molecule has 0 aromatic carbocycles. The molecule has 0 spiro atoms. The molecule has 0 amide bonds. The Balaban J connectivity index is 2.81. The highest BCUT2D eigenvalue weighted by Gasteiger charge is 2.04. The zero-order valence-electron chi connectivity index (χ0n) is 7.77. The summed E-state index contributed by atoms with van der Waals surface area (Å²) in [6.45, 7) is 6.96. The predicted octanol–water partition coefficient (Wildman–Crippen LogP) is 2.78. The first-order chi connectivity index (χ1) is 5.88. The highest BCUT2D eigenvalue weighted by Crippen LogP contribution is 2.16. The van der Waals surface area contributed by atoms with E-state index in [4.69, 9.17) is 0 Å². The van der Waals surface area contributed by atoms with E-state index in [2.05, 4.69) is 24.0 Å². The van der Waals surface area contributed by atoms with Crippen molar-refractivity contribution in [2.75, 3.05) is 6.54 Å². The van der Waals surface area contributed by atoms with Crippen molar-refractivity contribution in [3.63, 3.8) is 0 Å². The molecule has 12 heavy (non-hydrogen) atoms. The fourth-order valence-electron chi connectivity index (χ4n) is 1.46. The fourth-order valence-corrected chi connectivity index (χ4v) is 1.46. The SMILES string of the molecule is C=CC1=C(/C=C\C)NCCCC1. The van der Waals surface area contributed by atoms with E-state index < -0.39 is 0 Å². The van der Waals surface area contributed by atoms with Crippen molar-refractivity contribution < 1.29 is 0 Å². The van der Waals surface area contributed by atoms with E-state index in [1.165, 1.54) is 24.1 Å². The molecule has 0 unspecified atom stereocenters. The molecule has 66 valence electrons. The Morgan fingerprint density at radius 2 is 2.25 bits per heavy atom. The first-order valence-electron chi connectivity index (χ1n) is 4.60. The summed E-state index contributed by atoms with van der Waals surface area (Å²) >= 11 is 0. The molecule has 0 aliphatic carbocycles. The molecule has 0 aromatic rings. The van der Waals surface area contributed by atoms with Gasteiger partial charge in [0, 0.05) is 12.2 Å². The van der Waals surface area contributed by atoms with Crippen LogP contribution in [0, 0.1) is 0 Å². The quantitative estimate of drug-likeness (QED) is 0.660. The molecule has 0 bridgehead atoms. The first-order valence-corrected chi connectivity index (χ1v) is 4.60. The van der Waals surface area contributed by atoms with E-state index in [-0.39, 0.29) is 0 Å². The molecule has 1 aliphatic rings. The number of nitrogens with one attached hydrogen (secondary N) is 1. The van der Waals surface area contributed by atoms with Gasteiger partial charge in [0.05, 0.1) is 0 Å². The Morgan fingerprint density at radius 1 is 1.42 bits per heavy atom. The van der Waals surface area contributed by atoms with Gasteiger partial charge in [-0.15, -0.1) is 0 Å². The minimum absolute atomic E-state index is 1.09. The number of hydrogen-bond acceptors (Lipinski definition) is 1. The van der Waals surface area contributed by atoms with Crippen LogP contribution < -0.4 is 5.32 Å². The Morgan fingerprint density at radius 3 is 2.92 bits per heavy atom. The van der Waals surface area contributed by atoms with E-state index in [1.807, 2.05) is 13.0 Å². The van der Waals surface area contributed by atoms with Gasteiger partial charge in [0.2, 0.25) is 0 Å². The van der Waals surface area contributed by atoms with Crippen molar-refractivity contribution in [1.29, 1.82) is 0 Å². The van der Waals surface area contributed by atoms with Crippen molar-refractivity contribution in [3.8, 4) is 0 Å². The second-order valence-corrected chi connectivity index (χ2v) is 3.03. The van der Waals surface area contributed by atoms with Gasteiger partial charge < -0.3 is 5.32 Å². The summed E-state index contributed by atoms with van der Waals surface area (Å²) in [5.41, 5.74) is 2.61. The Kier molecular flexibility index (Phi) is 3.65. The number of allylic oxidation sites excluding steroid dienone is 4. The minimum atomic E-state index is 1.09. The largest absolute Gasteiger partial charge is 0.385 e. The van der Waals surface area contributed by atoms with E-state index in [0.29, 0.717) is 0 Å². The second kappa shape index (κ2) is 4.81. The Hall–Kier alpha value is -0.980. The average Bonchev–Trinajstić information content (AvgIpc) is 2.30. The highest BCUT2D eigenvalue weighted by molar-refractivity contribution is 5.31. The Labute approximate surface area is 74.9 Å². The number of rotatable bonds is 2. The van der Waals surface area contributed by atoms with Gasteiger partial charge in [-0.25, -0.2) is 0 Å². The summed E-state index contributed by atoms with van der Waals surface area (Å²) < 4.78 is 0. The molecule has 0 radical (unpaired) electrons. The second-order valence-electron chi connectivity index (χ2n) is 3.03. The van der Waals surface area contributed by atoms with Gasteiger partial charge in [-0.1, -0.05) is 18.7 Å². The van der Waals surface area contributed by atoms with Crippen LogP contribution in [0.1, 0.15) is 26.2 Å². The van der Waals surface area contributed by atoms with Gasteiger partial charge in [-0.3, -0.25) is 0 Å². The minimum Gasteiger partial charge on any atom is -0.385 e. The summed E-state index contributed by atoms with van der Waals surface area (Å²) in [6.07, 6.45) is 9.86. The van der Waals surface area contributed by atoms with Gasteiger partial charge in [0.15, 0.2) is 0 Å². The number of hydrogen-bond donors (Lipinski definition) is 1. The van der Waals surface area contributed by atoms with Gasteiger partial charge in [-0.2, -0.15) is 0 Å². The van der Waals surface area contributed by atoms with E-state index in [0.717, 1.165) is 13.0 Å². The summed E-state index contributed by atoms with van der Waals surface area (Å²) in [6, 6.07) is 0. The van der Waals surface area contributed by atoms with Crippen molar-refractivity contribution in [2.45, 2.75) is 26.2 Å². The van der Waals surface area contributed by atoms with Crippen LogP contribution in [0.25, 0.3) is 0 Å². The Bertz CT molecular complexity index is 211. The van der Waals surface area contributed by atoms with Crippen molar-refractivity contribution in [1.82, 2.24) is 5.32 Å². The van der Waals surface area contributed by atoms with Crippen LogP contribution in [-0.4, -0.2) is 6.54 Å². The molecular weight excluding hydrogens is 146 g/mol. The molecule has 0 saturated carbocycles. The first kappa shape index (κ1) is 9.11. The summed E-state index contributed by atoms with van der Waals surface area (Å²) in [4.78, 5) is 0. The summed E-state index contributed by atoms with van der Waals surface area (Å²) in [5, 5.41) is 3.41. The zero-order valence-corrected chi connectivity index (χ0v) is 7.77. The third kappa shape index (κ3) is 2.26. The molecule has 0 saturated heterocycles. The van der Waals surface area contributed by atoms with Gasteiger partial charge in [0.25, 0.3) is 0 Å². The van der Waals surface area contributed by atoms with Gasteiger partial charge in [-0.05, 0) is 37.8 Å². The molecule has 1 heteroatoms. The third-order valence-corrected chi connectivity index (χ3v) is 2.11. The molecule has 1 N–H and O–H groups in total. The average molecular weight is 163 g/mol.